The van der Waals surface area contributed by atoms with Gasteiger partial charge in [-0.15, -0.1) is 0 Å². The number of nitrogens with zero attached hydrogens (tertiary/aromatic N) is 2. The number of carbonyl (C=O) groups is 1. The number of hydrogen-bond acceptors (Lipinski definition) is 5. The summed E-state index contributed by atoms with van der Waals surface area (Å²) in [5, 5.41) is 4.24. The van der Waals surface area contributed by atoms with Crippen LogP contribution in [0.25, 0.3) is 0 Å². The van der Waals surface area contributed by atoms with Gasteiger partial charge in [-0.05, 0) is 6.42 Å². The van der Waals surface area contributed by atoms with Crippen molar-refractivity contribution in [1.29, 1.82) is 0 Å². The van der Waals surface area contributed by atoms with Crippen LogP contribution in [0.5, 0.6) is 0 Å². The van der Waals surface area contributed by atoms with Crippen LogP contribution >= 0.6 is 11.8 Å². The molecule has 0 amide bonds. The van der Waals surface area contributed by atoms with Crippen molar-refractivity contribution in [3.63, 3.8) is 0 Å². The monoisotopic (exact) mass is 200 g/mol. The molecule has 5 heteroatoms. The Hall–Kier alpha value is -0.840. The van der Waals surface area contributed by atoms with Gasteiger partial charge < -0.3 is 4.52 Å². The van der Waals surface area contributed by atoms with Gasteiger partial charge in [0.1, 0.15) is 0 Å². The molecule has 0 aromatic carbocycles. The average Bonchev–Trinajstić information content (AvgIpc) is 2.61. The maximum absolute atomic E-state index is 10.2. The van der Waals surface area contributed by atoms with Crippen molar-refractivity contribution in [3.05, 3.63) is 11.7 Å². The van der Waals surface area contributed by atoms with Crippen molar-refractivity contribution >= 4 is 18.0 Å². The number of carbonyl (C=O) groups excluding carboxylic acids is 1. The van der Waals surface area contributed by atoms with E-state index in [2.05, 4.69) is 28.5 Å². The second-order valence-electron chi connectivity index (χ2n) is 2.70. The summed E-state index contributed by atoms with van der Waals surface area (Å²) in [6.45, 7) is 4.27. The molecule has 0 saturated heterocycles. The zero-order valence-electron chi connectivity index (χ0n) is 7.69. The Bertz CT molecular complexity index is 275. The van der Waals surface area contributed by atoms with Crippen molar-refractivity contribution < 1.29 is 9.32 Å². The van der Waals surface area contributed by atoms with E-state index >= 15 is 0 Å². The van der Waals surface area contributed by atoms with Crippen LogP contribution < -0.4 is 0 Å². The van der Waals surface area contributed by atoms with Gasteiger partial charge in [0.2, 0.25) is 6.29 Å². The Balaban J connectivity index is 2.40. The summed E-state index contributed by atoms with van der Waals surface area (Å²) in [7, 11) is 0. The third-order valence-electron chi connectivity index (χ3n) is 1.66. The highest BCUT2D eigenvalue weighted by Crippen LogP contribution is 2.17. The minimum absolute atomic E-state index is 0.0553. The number of aldehydes is 1. The molecule has 1 heterocycles. The maximum Gasteiger partial charge on any atom is 0.290 e. The van der Waals surface area contributed by atoms with E-state index in [4.69, 9.17) is 0 Å². The molecule has 1 unspecified atom stereocenters. The average molecular weight is 200 g/mol. The van der Waals surface area contributed by atoms with Crippen molar-refractivity contribution in [2.75, 3.05) is 0 Å². The quantitative estimate of drug-likeness (QED) is 0.679. The first-order chi connectivity index (χ1) is 6.26. The second kappa shape index (κ2) is 5.01. The van der Waals surface area contributed by atoms with Gasteiger partial charge in [0.25, 0.3) is 5.89 Å². The lowest BCUT2D eigenvalue weighted by Crippen LogP contribution is -1.94. The van der Waals surface area contributed by atoms with Crippen LogP contribution in [-0.4, -0.2) is 21.7 Å². The lowest BCUT2D eigenvalue weighted by molar-refractivity contribution is 0.108. The van der Waals surface area contributed by atoms with E-state index in [1.165, 1.54) is 0 Å². The van der Waals surface area contributed by atoms with Crippen LogP contribution in [0.3, 0.4) is 0 Å². The Labute approximate surface area is 81.1 Å². The SMILES string of the molecule is CCC(C)SCc1noc(C=O)n1. The molecule has 0 bridgehead atoms. The fourth-order valence-corrected chi connectivity index (χ4v) is 1.50. The molecule has 1 aromatic rings. The van der Waals surface area contributed by atoms with E-state index < -0.39 is 0 Å². The third-order valence-corrected chi connectivity index (χ3v) is 2.98. The van der Waals surface area contributed by atoms with E-state index in [1.807, 2.05) is 0 Å². The van der Waals surface area contributed by atoms with Gasteiger partial charge in [0, 0.05) is 5.25 Å². The normalized spacial score (nSPS) is 12.8. The highest BCUT2D eigenvalue weighted by Gasteiger charge is 2.06. The molecule has 72 valence electrons. The van der Waals surface area contributed by atoms with Gasteiger partial charge >= 0.3 is 0 Å². The number of aromatic nitrogens is 2. The van der Waals surface area contributed by atoms with Crippen molar-refractivity contribution in [2.45, 2.75) is 31.3 Å². The first-order valence-electron chi connectivity index (χ1n) is 4.15. The topological polar surface area (TPSA) is 56.0 Å². The fraction of sp³-hybridized carbons (Fsp3) is 0.625. The van der Waals surface area contributed by atoms with Crippen LogP contribution in [0.4, 0.5) is 0 Å². The van der Waals surface area contributed by atoms with Crippen LogP contribution in [0, 0.1) is 0 Å². The first kappa shape index (κ1) is 10.2. The highest BCUT2D eigenvalue weighted by molar-refractivity contribution is 7.99. The zero-order valence-corrected chi connectivity index (χ0v) is 8.50. The van der Waals surface area contributed by atoms with E-state index in [-0.39, 0.29) is 5.89 Å². The molecule has 1 rings (SSSR count). The van der Waals surface area contributed by atoms with Gasteiger partial charge in [-0.3, -0.25) is 4.79 Å². The van der Waals surface area contributed by atoms with Crippen molar-refractivity contribution in [1.82, 2.24) is 10.1 Å². The lowest BCUT2D eigenvalue weighted by Gasteiger charge is -2.03. The van der Waals surface area contributed by atoms with Crippen LogP contribution in [0.15, 0.2) is 4.52 Å². The first-order valence-corrected chi connectivity index (χ1v) is 5.20. The molecule has 0 aliphatic heterocycles. The van der Waals surface area contributed by atoms with Crippen LogP contribution in [0.1, 0.15) is 36.8 Å². The summed E-state index contributed by atoms with van der Waals surface area (Å²) >= 11 is 1.75. The molecular formula is C8H12N2O2S. The molecule has 0 aliphatic carbocycles. The molecule has 1 aromatic heterocycles. The molecule has 4 nitrogen and oxygen atoms in total. The van der Waals surface area contributed by atoms with Gasteiger partial charge in [-0.1, -0.05) is 19.0 Å². The molecule has 13 heavy (non-hydrogen) atoms. The highest BCUT2D eigenvalue weighted by atomic mass is 32.2. The Morgan fingerprint density at radius 1 is 1.69 bits per heavy atom. The molecule has 0 spiro atoms. The van der Waals surface area contributed by atoms with E-state index in [1.54, 1.807) is 11.8 Å². The summed E-state index contributed by atoms with van der Waals surface area (Å²) in [6.07, 6.45) is 1.67. The summed E-state index contributed by atoms with van der Waals surface area (Å²) in [5.74, 6) is 1.35. The standard InChI is InChI=1S/C8H12N2O2S/c1-3-6(2)13-5-7-9-8(4-11)12-10-7/h4,6H,3,5H2,1-2H3. The molecule has 0 N–H and O–H groups in total. The number of rotatable bonds is 5. The Morgan fingerprint density at radius 2 is 2.46 bits per heavy atom. The minimum atomic E-state index is 0.0553. The Morgan fingerprint density at radius 3 is 3.00 bits per heavy atom. The fourth-order valence-electron chi connectivity index (χ4n) is 0.709. The maximum atomic E-state index is 10.2. The summed E-state index contributed by atoms with van der Waals surface area (Å²) in [4.78, 5) is 14.1. The van der Waals surface area contributed by atoms with E-state index in [0.717, 1.165) is 6.42 Å². The van der Waals surface area contributed by atoms with E-state index in [0.29, 0.717) is 23.1 Å². The second-order valence-corrected chi connectivity index (χ2v) is 4.12. The van der Waals surface area contributed by atoms with Gasteiger partial charge in [0.05, 0.1) is 5.75 Å². The predicted octanol–water partition coefficient (Wildman–Crippen LogP) is 1.91. The van der Waals surface area contributed by atoms with Crippen LogP contribution in [0.2, 0.25) is 0 Å². The molecule has 0 fully saturated rings. The molecule has 1 atom stereocenters. The lowest BCUT2D eigenvalue weighted by atomic mass is 10.4. The zero-order chi connectivity index (χ0) is 9.68. The van der Waals surface area contributed by atoms with Gasteiger partial charge in [0.15, 0.2) is 5.82 Å². The summed E-state index contributed by atoms with van der Waals surface area (Å²) in [5.41, 5.74) is 0. The number of thioether (sulfide) groups is 1. The van der Waals surface area contributed by atoms with Crippen molar-refractivity contribution in [2.24, 2.45) is 0 Å². The summed E-state index contributed by atoms with van der Waals surface area (Å²) < 4.78 is 4.64. The van der Waals surface area contributed by atoms with Crippen molar-refractivity contribution in [3.8, 4) is 0 Å². The largest absolute Gasteiger partial charge is 0.331 e. The third kappa shape index (κ3) is 3.18. The van der Waals surface area contributed by atoms with Crippen LogP contribution in [-0.2, 0) is 5.75 Å². The summed E-state index contributed by atoms with van der Waals surface area (Å²) in [6, 6.07) is 0. The smallest absolute Gasteiger partial charge is 0.290 e. The minimum Gasteiger partial charge on any atom is -0.331 e. The number of hydrogen-bond donors (Lipinski definition) is 0. The van der Waals surface area contributed by atoms with E-state index in [9.17, 15) is 4.79 Å². The Kier molecular flexibility index (Phi) is 3.95. The van der Waals surface area contributed by atoms with Gasteiger partial charge in [-0.25, -0.2) is 0 Å². The van der Waals surface area contributed by atoms with Gasteiger partial charge in [-0.2, -0.15) is 16.7 Å². The predicted molar refractivity (Wildman–Crippen MR) is 50.7 cm³/mol. The molecule has 0 saturated carbocycles. The molecule has 0 radical (unpaired) electrons. The molecule has 0 aliphatic rings. The molecular weight excluding hydrogens is 188 g/mol.